The van der Waals surface area contributed by atoms with Gasteiger partial charge in [0.05, 0.1) is 0 Å². The molecule has 19 heavy (non-hydrogen) atoms. The van der Waals surface area contributed by atoms with Crippen LogP contribution in [-0.2, 0) is 16.1 Å². The van der Waals surface area contributed by atoms with Crippen LogP contribution in [0.15, 0.2) is 12.3 Å². The zero-order valence-electron chi connectivity index (χ0n) is 11.8. The zero-order valence-corrected chi connectivity index (χ0v) is 11.8. The van der Waals surface area contributed by atoms with Crippen LogP contribution in [0.5, 0.6) is 0 Å². The minimum absolute atomic E-state index is 0.109. The molecule has 0 aliphatic rings. The summed E-state index contributed by atoms with van der Waals surface area (Å²) in [5.41, 5.74) is -0.481. The van der Waals surface area contributed by atoms with E-state index >= 15 is 0 Å². The second-order valence-electron chi connectivity index (χ2n) is 5.73. The first kappa shape index (κ1) is 15.2. The molecule has 0 fully saturated rings. The van der Waals surface area contributed by atoms with Crippen LogP contribution < -0.4 is 5.32 Å². The summed E-state index contributed by atoms with van der Waals surface area (Å²) >= 11 is 0. The third kappa shape index (κ3) is 4.73. The van der Waals surface area contributed by atoms with Crippen molar-refractivity contribution in [3.8, 4) is 0 Å². The summed E-state index contributed by atoms with van der Waals surface area (Å²) < 4.78 is 1.27. The Bertz CT molecular complexity index is 463. The Balaban J connectivity index is 2.66. The van der Waals surface area contributed by atoms with Gasteiger partial charge in [0.1, 0.15) is 6.54 Å². The molecular formula is C13H21N3O3. The summed E-state index contributed by atoms with van der Waals surface area (Å²) in [5, 5.41) is 15.3. The van der Waals surface area contributed by atoms with Crippen molar-refractivity contribution < 1.29 is 14.7 Å². The molecule has 6 nitrogen and oxygen atoms in total. The summed E-state index contributed by atoms with van der Waals surface area (Å²) in [4.78, 5) is 22.7. The van der Waals surface area contributed by atoms with Crippen molar-refractivity contribution in [3.05, 3.63) is 12.3 Å². The highest BCUT2D eigenvalue weighted by atomic mass is 16.4. The Kier molecular flexibility index (Phi) is 4.69. The number of aliphatic carboxylic acids is 1. The topological polar surface area (TPSA) is 84.2 Å². The van der Waals surface area contributed by atoms with E-state index in [9.17, 15) is 9.59 Å². The van der Waals surface area contributed by atoms with Crippen LogP contribution in [0.4, 0.5) is 5.82 Å². The van der Waals surface area contributed by atoms with E-state index in [1.807, 2.05) is 13.8 Å². The van der Waals surface area contributed by atoms with Gasteiger partial charge in [-0.2, -0.15) is 5.10 Å². The summed E-state index contributed by atoms with van der Waals surface area (Å²) in [6.07, 6.45) is 2.30. The molecule has 106 valence electrons. The van der Waals surface area contributed by atoms with E-state index in [1.54, 1.807) is 6.07 Å². The Morgan fingerprint density at radius 2 is 2.11 bits per heavy atom. The van der Waals surface area contributed by atoms with Crippen LogP contribution in [0.3, 0.4) is 0 Å². The zero-order chi connectivity index (χ0) is 14.6. The fourth-order valence-corrected chi connectivity index (χ4v) is 2.05. The average Bonchev–Trinajstić information content (AvgIpc) is 2.62. The van der Waals surface area contributed by atoms with Crippen LogP contribution in [0.25, 0.3) is 0 Å². The molecule has 0 atom stereocenters. The van der Waals surface area contributed by atoms with Crippen molar-refractivity contribution in [2.75, 3.05) is 5.32 Å². The van der Waals surface area contributed by atoms with Gasteiger partial charge in [-0.15, -0.1) is 0 Å². The quantitative estimate of drug-likeness (QED) is 0.825. The van der Waals surface area contributed by atoms with Crippen molar-refractivity contribution in [1.82, 2.24) is 9.78 Å². The van der Waals surface area contributed by atoms with E-state index < -0.39 is 11.4 Å². The highest BCUT2D eigenvalue weighted by Gasteiger charge is 2.28. The maximum atomic E-state index is 12.1. The molecule has 0 saturated heterocycles. The number of hydrogen-bond acceptors (Lipinski definition) is 3. The van der Waals surface area contributed by atoms with Crippen molar-refractivity contribution in [2.24, 2.45) is 11.3 Å². The first-order valence-corrected chi connectivity index (χ1v) is 6.27. The Morgan fingerprint density at radius 3 is 2.63 bits per heavy atom. The van der Waals surface area contributed by atoms with Gasteiger partial charge in [0.15, 0.2) is 5.82 Å². The molecule has 6 heteroatoms. The number of hydrogen-bond donors (Lipinski definition) is 2. The van der Waals surface area contributed by atoms with Crippen LogP contribution in [0.1, 0.15) is 34.1 Å². The molecule has 0 bridgehead atoms. The molecule has 1 aromatic rings. The predicted molar refractivity (Wildman–Crippen MR) is 71.7 cm³/mol. The maximum Gasteiger partial charge on any atom is 0.325 e. The molecule has 1 heterocycles. The lowest BCUT2D eigenvalue weighted by atomic mass is 9.83. The second kappa shape index (κ2) is 5.86. The summed E-state index contributed by atoms with van der Waals surface area (Å²) in [7, 11) is 0. The lowest BCUT2D eigenvalue weighted by Crippen LogP contribution is -2.32. The van der Waals surface area contributed by atoms with Gasteiger partial charge >= 0.3 is 5.97 Å². The Morgan fingerprint density at radius 1 is 1.47 bits per heavy atom. The van der Waals surface area contributed by atoms with Gasteiger partial charge < -0.3 is 10.4 Å². The molecule has 0 radical (unpaired) electrons. The van der Waals surface area contributed by atoms with E-state index in [-0.39, 0.29) is 12.5 Å². The fraction of sp³-hybridized carbons (Fsp3) is 0.615. The van der Waals surface area contributed by atoms with Crippen LogP contribution >= 0.6 is 0 Å². The summed E-state index contributed by atoms with van der Waals surface area (Å²) in [6.45, 7) is 7.69. The largest absolute Gasteiger partial charge is 0.480 e. The molecule has 0 unspecified atom stereocenters. The van der Waals surface area contributed by atoms with E-state index in [1.165, 1.54) is 10.9 Å². The highest BCUT2D eigenvalue weighted by Crippen LogP contribution is 2.26. The van der Waals surface area contributed by atoms with E-state index in [2.05, 4.69) is 24.3 Å². The van der Waals surface area contributed by atoms with Gasteiger partial charge in [-0.05, 0) is 12.3 Å². The molecule has 0 aromatic carbocycles. The van der Waals surface area contributed by atoms with Gasteiger partial charge in [0.2, 0.25) is 5.91 Å². The molecule has 1 amide bonds. The molecule has 0 spiro atoms. The van der Waals surface area contributed by atoms with E-state index in [4.69, 9.17) is 5.11 Å². The number of amides is 1. The predicted octanol–water partition coefficient (Wildman–Crippen LogP) is 1.98. The number of aromatic nitrogens is 2. The molecule has 0 aliphatic heterocycles. The van der Waals surface area contributed by atoms with Gasteiger partial charge in [-0.3, -0.25) is 14.3 Å². The van der Waals surface area contributed by atoms with Crippen LogP contribution in [0, 0.1) is 11.3 Å². The maximum absolute atomic E-state index is 12.1. The number of nitrogens with zero attached hydrogens (tertiary/aromatic N) is 2. The van der Waals surface area contributed by atoms with E-state index in [0.717, 1.165) is 6.42 Å². The van der Waals surface area contributed by atoms with Crippen molar-refractivity contribution >= 4 is 17.7 Å². The molecular weight excluding hydrogens is 246 g/mol. The molecule has 2 N–H and O–H groups in total. The molecule has 1 aromatic heterocycles. The average molecular weight is 267 g/mol. The third-order valence-electron chi connectivity index (χ3n) is 2.71. The highest BCUT2D eigenvalue weighted by molar-refractivity contribution is 5.93. The number of carbonyl (C=O) groups excluding carboxylic acids is 1. The number of carboxylic acid groups (broad SMARTS) is 1. The Hall–Kier alpha value is -1.85. The fourth-order valence-electron chi connectivity index (χ4n) is 2.05. The number of rotatable bonds is 6. The lowest BCUT2D eigenvalue weighted by Gasteiger charge is -2.24. The minimum atomic E-state index is -0.971. The monoisotopic (exact) mass is 267 g/mol. The smallest absolute Gasteiger partial charge is 0.325 e. The van der Waals surface area contributed by atoms with Crippen molar-refractivity contribution in [1.29, 1.82) is 0 Å². The first-order valence-electron chi connectivity index (χ1n) is 6.27. The Labute approximate surface area is 112 Å². The molecule has 1 rings (SSSR count). The van der Waals surface area contributed by atoms with Crippen LogP contribution in [-0.4, -0.2) is 26.8 Å². The van der Waals surface area contributed by atoms with Gasteiger partial charge in [0, 0.05) is 17.7 Å². The summed E-state index contributed by atoms with van der Waals surface area (Å²) in [6, 6.07) is 1.59. The number of nitrogens with one attached hydrogen (secondary N) is 1. The normalized spacial score (nSPS) is 11.6. The SMILES string of the molecule is CC(C)CC(C)(C)C(=O)Nc1ccn(CC(=O)O)n1. The number of carboxylic acids is 1. The van der Waals surface area contributed by atoms with Gasteiger partial charge in [0.25, 0.3) is 0 Å². The summed E-state index contributed by atoms with van der Waals surface area (Å²) in [5.74, 6) is -0.281. The van der Waals surface area contributed by atoms with Crippen molar-refractivity contribution in [3.63, 3.8) is 0 Å². The third-order valence-corrected chi connectivity index (χ3v) is 2.71. The minimum Gasteiger partial charge on any atom is -0.480 e. The van der Waals surface area contributed by atoms with E-state index in [0.29, 0.717) is 11.7 Å². The van der Waals surface area contributed by atoms with Crippen molar-refractivity contribution in [2.45, 2.75) is 40.7 Å². The van der Waals surface area contributed by atoms with Gasteiger partial charge in [-0.25, -0.2) is 0 Å². The lowest BCUT2D eigenvalue weighted by molar-refractivity contribution is -0.137. The number of carbonyl (C=O) groups is 2. The number of anilines is 1. The molecule has 0 saturated carbocycles. The first-order chi connectivity index (χ1) is 8.70. The molecule has 0 aliphatic carbocycles. The van der Waals surface area contributed by atoms with Crippen LogP contribution in [0.2, 0.25) is 0 Å². The second-order valence-corrected chi connectivity index (χ2v) is 5.73. The van der Waals surface area contributed by atoms with Gasteiger partial charge in [-0.1, -0.05) is 27.7 Å². The standard InChI is InChI=1S/C13H21N3O3/c1-9(2)7-13(3,4)12(19)14-10-5-6-16(15-10)8-11(17)18/h5-6,9H,7-8H2,1-4H3,(H,17,18)(H,14,15,19).